The number of hydrogen-bond donors (Lipinski definition) is 1. The third kappa shape index (κ3) is 3.08. The number of nitrogens with one attached hydrogen (secondary N) is 1. The molecule has 0 spiro atoms. The Morgan fingerprint density at radius 2 is 2.13 bits per heavy atom. The molecule has 1 N–H and O–H groups in total. The van der Waals surface area contributed by atoms with Crippen molar-refractivity contribution in [2.24, 2.45) is 7.05 Å². The van der Waals surface area contributed by atoms with Crippen LogP contribution >= 0.6 is 0 Å². The van der Waals surface area contributed by atoms with Gasteiger partial charge in [-0.25, -0.2) is 4.79 Å². The number of esters is 1. The molecule has 0 aliphatic heterocycles. The molecule has 7 nitrogen and oxygen atoms in total. The number of amides is 1. The predicted octanol–water partition coefficient (Wildman–Crippen LogP) is 2.27. The minimum absolute atomic E-state index is 0.216. The Morgan fingerprint density at radius 1 is 1.35 bits per heavy atom. The van der Waals surface area contributed by atoms with Crippen molar-refractivity contribution in [1.82, 2.24) is 9.72 Å². The van der Waals surface area contributed by atoms with E-state index in [0.717, 1.165) is 10.9 Å². The fourth-order valence-electron chi connectivity index (χ4n) is 2.31. The van der Waals surface area contributed by atoms with E-state index >= 15 is 0 Å². The van der Waals surface area contributed by atoms with Gasteiger partial charge in [0, 0.05) is 30.2 Å². The maximum atomic E-state index is 12.2. The van der Waals surface area contributed by atoms with Crippen LogP contribution in [0, 0.1) is 6.92 Å². The highest BCUT2D eigenvalue weighted by Crippen LogP contribution is 2.21. The summed E-state index contributed by atoms with van der Waals surface area (Å²) in [5, 5.41) is 6.89. The smallest absolute Gasteiger partial charge is 0.340 e. The average Bonchev–Trinajstić information content (AvgIpc) is 3.09. The largest absolute Gasteiger partial charge is 0.452 e. The van der Waals surface area contributed by atoms with Gasteiger partial charge >= 0.3 is 5.97 Å². The van der Waals surface area contributed by atoms with E-state index in [9.17, 15) is 9.59 Å². The first-order valence-corrected chi connectivity index (χ1v) is 6.99. The lowest BCUT2D eigenvalue weighted by Crippen LogP contribution is -2.20. The van der Waals surface area contributed by atoms with Crippen LogP contribution in [0.2, 0.25) is 0 Å². The Morgan fingerprint density at radius 3 is 2.87 bits per heavy atom. The summed E-state index contributed by atoms with van der Waals surface area (Å²) in [5.74, 6) is -0.825. The van der Waals surface area contributed by atoms with E-state index in [1.54, 1.807) is 19.2 Å². The van der Waals surface area contributed by atoms with Crippen LogP contribution in [0.1, 0.15) is 16.1 Å². The topological polar surface area (TPSA) is 86.4 Å². The number of nitrogens with zero attached hydrogens (tertiary/aromatic N) is 2. The van der Waals surface area contributed by atoms with Gasteiger partial charge in [0.25, 0.3) is 5.91 Å². The molecule has 0 saturated carbocycles. The van der Waals surface area contributed by atoms with Crippen molar-refractivity contribution >= 4 is 28.7 Å². The molecule has 7 heteroatoms. The molecular weight excluding hydrogens is 298 g/mol. The normalized spacial score (nSPS) is 10.7. The van der Waals surface area contributed by atoms with Crippen molar-refractivity contribution in [2.45, 2.75) is 6.92 Å². The molecule has 3 aromatic rings. The molecule has 2 heterocycles. The standard InChI is InChI=1S/C16H15N3O4/c1-10-7-15(23-18-10)17-14(20)9-22-16(21)12-8-19(2)13-6-4-3-5-11(12)13/h3-8H,9H2,1-2H3,(H,17,20). The summed E-state index contributed by atoms with van der Waals surface area (Å²) in [4.78, 5) is 23.9. The maximum Gasteiger partial charge on any atom is 0.340 e. The minimum atomic E-state index is -0.550. The summed E-state index contributed by atoms with van der Waals surface area (Å²) in [7, 11) is 1.85. The maximum absolute atomic E-state index is 12.2. The third-order valence-corrected chi connectivity index (χ3v) is 3.34. The van der Waals surface area contributed by atoms with E-state index in [2.05, 4.69) is 10.5 Å². The Kier molecular flexibility index (Phi) is 3.84. The van der Waals surface area contributed by atoms with Crippen molar-refractivity contribution < 1.29 is 18.8 Å². The van der Waals surface area contributed by atoms with E-state index in [4.69, 9.17) is 9.26 Å². The van der Waals surface area contributed by atoms with Gasteiger partial charge < -0.3 is 13.8 Å². The van der Waals surface area contributed by atoms with Gasteiger partial charge in [-0.2, -0.15) is 0 Å². The second kappa shape index (κ2) is 5.96. The highest BCUT2D eigenvalue weighted by Gasteiger charge is 2.16. The predicted molar refractivity (Wildman–Crippen MR) is 83.1 cm³/mol. The molecule has 0 fully saturated rings. The number of benzene rings is 1. The fraction of sp³-hybridized carbons (Fsp3) is 0.188. The summed E-state index contributed by atoms with van der Waals surface area (Å²) < 4.78 is 11.8. The lowest BCUT2D eigenvalue weighted by Gasteiger charge is -2.03. The van der Waals surface area contributed by atoms with E-state index in [-0.39, 0.29) is 5.88 Å². The van der Waals surface area contributed by atoms with Gasteiger partial charge in [-0.1, -0.05) is 23.4 Å². The first kappa shape index (κ1) is 14.8. The van der Waals surface area contributed by atoms with Gasteiger partial charge in [0.2, 0.25) is 5.88 Å². The first-order valence-electron chi connectivity index (χ1n) is 6.99. The SMILES string of the molecule is Cc1cc(NC(=O)COC(=O)c2cn(C)c3ccccc23)on1. The lowest BCUT2D eigenvalue weighted by molar-refractivity contribution is -0.119. The highest BCUT2D eigenvalue weighted by molar-refractivity contribution is 6.05. The van der Waals surface area contributed by atoms with Crippen LogP contribution < -0.4 is 5.32 Å². The molecule has 0 aliphatic carbocycles. The molecule has 1 aromatic carbocycles. The summed E-state index contributed by atoms with van der Waals surface area (Å²) in [5.41, 5.74) is 1.99. The van der Waals surface area contributed by atoms with Crippen LogP contribution in [0.4, 0.5) is 5.88 Å². The number of ether oxygens (including phenoxy) is 1. The zero-order valence-corrected chi connectivity index (χ0v) is 12.7. The molecular formula is C16H15N3O4. The number of carbonyl (C=O) groups is 2. The van der Waals surface area contributed by atoms with Crippen molar-refractivity contribution in [3.8, 4) is 0 Å². The lowest BCUT2D eigenvalue weighted by atomic mass is 10.2. The van der Waals surface area contributed by atoms with E-state index in [1.807, 2.05) is 35.9 Å². The van der Waals surface area contributed by atoms with Gasteiger partial charge in [-0.15, -0.1) is 0 Å². The average molecular weight is 313 g/mol. The number of anilines is 1. The summed E-state index contributed by atoms with van der Waals surface area (Å²) in [6.07, 6.45) is 1.69. The molecule has 0 saturated heterocycles. The minimum Gasteiger partial charge on any atom is -0.452 e. The molecule has 2 aromatic heterocycles. The summed E-state index contributed by atoms with van der Waals surface area (Å²) >= 11 is 0. The number of aryl methyl sites for hydroxylation is 2. The van der Waals surface area contributed by atoms with Crippen molar-refractivity contribution in [1.29, 1.82) is 0 Å². The van der Waals surface area contributed by atoms with Crippen molar-refractivity contribution in [3.63, 3.8) is 0 Å². The molecule has 118 valence electrons. The number of aromatic nitrogens is 2. The fourth-order valence-corrected chi connectivity index (χ4v) is 2.31. The Labute approximate surface area is 131 Å². The summed E-state index contributed by atoms with van der Waals surface area (Å²) in [6, 6.07) is 9.06. The molecule has 0 radical (unpaired) electrons. The number of fused-ring (bicyclic) bond motifs is 1. The molecule has 23 heavy (non-hydrogen) atoms. The van der Waals surface area contributed by atoms with Gasteiger partial charge in [0.05, 0.1) is 11.3 Å². The van der Waals surface area contributed by atoms with Crippen molar-refractivity contribution in [2.75, 3.05) is 11.9 Å². The zero-order chi connectivity index (χ0) is 16.4. The second-order valence-electron chi connectivity index (χ2n) is 5.13. The van der Waals surface area contributed by atoms with Gasteiger partial charge in [-0.3, -0.25) is 10.1 Å². The Bertz CT molecular complexity index is 878. The van der Waals surface area contributed by atoms with Crippen LogP contribution in [0.5, 0.6) is 0 Å². The monoisotopic (exact) mass is 313 g/mol. The second-order valence-corrected chi connectivity index (χ2v) is 5.13. The van der Waals surface area contributed by atoms with Crippen molar-refractivity contribution in [3.05, 3.63) is 47.8 Å². The summed E-state index contributed by atoms with van der Waals surface area (Å²) in [6.45, 7) is 1.33. The van der Waals surface area contributed by atoms with Crippen LogP contribution in [0.25, 0.3) is 10.9 Å². The first-order chi connectivity index (χ1) is 11.0. The molecule has 1 amide bonds. The van der Waals surface area contributed by atoms with E-state index in [1.165, 1.54) is 0 Å². The van der Waals surface area contributed by atoms with Crippen LogP contribution in [-0.2, 0) is 16.6 Å². The quantitative estimate of drug-likeness (QED) is 0.747. The van der Waals surface area contributed by atoms with E-state index in [0.29, 0.717) is 11.3 Å². The Balaban J connectivity index is 1.65. The van der Waals surface area contributed by atoms with E-state index < -0.39 is 18.5 Å². The van der Waals surface area contributed by atoms with Gasteiger partial charge in [0.1, 0.15) is 0 Å². The number of rotatable bonds is 4. The third-order valence-electron chi connectivity index (χ3n) is 3.34. The molecule has 0 bridgehead atoms. The highest BCUT2D eigenvalue weighted by atomic mass is 16.5. The van der Waals surface area contributed by atoms with Crippen LogP contribution in [0.3, 0.4) is 0 Å². The number of hydrogen-bond acceptors (Lipinski definition) is 5. The van der Waals surface area contributed by atoms with Crippen LogP contribution in [-0.4, -0.2) is 28.2 Å². The zero-order valence-electron chi connectivity index (χ0n) is 12.7. The number of carbonyl (C=O) groups excluding carboxylic acids is 2. The van der Waals surface area contributed by atoms with Gasteiger partial charge in [-0.05, 0) is 13.0 Å². The molecule has 0 atom stereocenters. The molecule has 0 aliphatic rings. The molecule has 0 unspecified atom stereocenters. The Hall–Kier alpha value is -3.09. The molecule has 3 rings (SSSR count). The number of para-hydroxylation sites is 1. The van der Waals surface area contributed by atoms with Crippen LogP contribution in [0.15, 0.2) is 41.1 Å². The van der Waals surface area contributed by atoms with Gasteiger partial charge in [0.15, 0.2) is 6.61 Å².